The van der Waals surface area contributed by atoms with Crippen LogP contribution in [-0.2, 0) is 0 Å². The molecule has 1 N–H and O–H groups in total. The van der Waals surface area contributed by atoms with Gasteiger partial charge in [0.05, 0.1) is 0 Å². The highest BCUT2D eigenvalue weighted by Crippen LogP contribution is 2.27. The average Bonchev–Trinajstić information content (AvgIpc) is 1.84. The molecule has 0 aliphatic carbocycles. The smallest absolute Gasteiger partial charge is 0.307 e. The van der Waals surface area contributed by atoms with Gasteiger partial charge in [0, 0.05) is 13.0 Å². The molecule has 0 fully saturated rings. The molecule has 0 aromatic rings. The zero-order chi connectivity index (χ0) is 8.20. The van der Waals surface area contributed by atoms with E-state index in [1.165, 1.54) is 0 Å². The lowest BCUT2D eigenvalue weighted by atomic mass is 10.2. The Morgan fingerprint density at radius 3 is 2.10 bits per heavy atom. The van der Waals surface area contributed by atoms with Crippen molar-refractivity contribution in [2.75, 3.05) is 6.61 Å². The second-order valence-electron chi connectivity index (χ2n) is 1.89. The molecule has 0 spiro atoms. The van der Waals surface area contributed by atoms with Gasteiger partial charge in [-0.1, -0.05) is 0 Å². The Balaban J connectivity index is 3.63. The first-order valence-electron chi connectivity index (χ1n) is 2.77. The number of hydrogen-bond donors (Lipinski definition) is 1. The molecule has 0 bridgehead atoms. The molecule has 0 saturated carbocycles. The summed E-state index contributed by atoms with van der Waals surface area (Å²) < 4.78 is 46.4. The first-order chi connectivity index (χ1) is 4.50. The Labute approximate surface area is 55.7 Å². The molecule has 0 saturated heterocycles. The van der Waals surface area contributed by atoms with Crippen molar-refractivity contribution in [3.63, 3.8) is 0 Å². The molecular weight excluding hydrogens is 152 g/mol. The number of rotatable bonds is 4. The maximum atomic E-state index is 11.9. The maximum absolute atomic E-state index is 11.9. The van der Waals surface area contributed by atoms with Crippen LogP contribution in [0.2, 0.25) is 0 Å². The maximum Gasteiger partial charge on any atom is 0.307 e. The van der Waals surface area contributed by atoms with Gasteiger partial charge in [-0.2, -0.15) is 0 Å². The first-order valence-corrected chi connectivity index (χ1v) is 2.77. The van der Waals surface area contributed by atoms with E-state index in [1.807, 2.05) is 0 Å². The van der Waals surface area contributed by atoms with E-state index in [0.717, 1.165) is 0 Å². The zero-order valence-corrected chi connectivity index (χ0v) is 5.16. The number of hydrogen-bond acceptors (Lipinski definition) is 1. The minimum absolute atomic E-state index is 0.294. The molecule has 5 heteroatoms. The quantitative estimate of drug-likeness (QED) is 0.620. The molecule has 0 radical (unpaired) electrons. The predicted octanol–water partition coefficient (Wildman–Crippen LogP) is 1.66. The van der Waals surface area contributed by atoms with Gasteiger partial charge in [-0.05, 0) is 6.42 Å². The van der Waals surface area contributed by atoms with E-state index in [4.69, 9.17) is 5.11 Å². The van der Waals surface area contributed by atoms with E-state index >= 15 is 0 Å². The van der Waals surface area contributed by atoms with E-state index in [1.54, 1.807) is 0 Å². The fourth-order valence-electron chi connectivity index (χ4n) is 0.424. The Morgan fingerprint density at radius 1 is 1.30 bits per heavy atom. The van der Waals surface area contributed by atoms with Gasteiger partial charge in [-0.15, -0.1) is 0 Å². The molecule has 0 aliphatic rings. The summed E-state index contributed by atoms with van der Waals surface area (Å²) >= 11 is 0. The summed E-state index contributed by atoms with van der Waals surface area (Å²) in [6.45, 7) is -0.484. The van der Waals surface area contributed by atoms with Crippen molar-refractivity contribution in [3.05, 3.63) is 0 Å². The van der Waals surface area contributed by atoms with Crippen LogP contribution >= 0.6 is 0 Å². The van der Waals surface area contributed by atoms with Crippen LogP contribution in [0.25, 0.3) is 0 Å². The highest BCUT2D eigenvalue weighted by atomic mass is 19.3. The lowest BCUT2D eigenvalue weighted by Crippen LogP contribution is -2.26. The third kappa shape index (κ3) is 3.00. The topological polar surface area (TPSA) is 20.2 Å². The average molecular weight is 160 g/mol. The molecule has 0 unspecified atom stereocenters. The first kappa shape index (κ1) is 9.68. The van der Waals surface area contributed by atoms with Gasteiger partial charge in [0.25, 0.3) is 0 Å². The van der Waals surface area contributed by atoms with Crippen LogP contribution in [-0.4, -0.2) is 24.1 Å². The second kappa shape index (κ2) is 3.75. The molecule has 0 amide bonds. The van der Waals surface area contributed by atoms with E-state index in [2.05, 4.69) is 0 Å². The fraction of sp³-hybridized carbons (Fsp3) is 1.00. The lowest BCUT2D eigenvalue weighted by Gasteiger charge is -2.13. The van der Waals surface area contributed by atoms with Crippen LogP contribution in [0.5, 0.6) is 0 Å². The van der Waals surface area contributed by atoms with Gasteiger partial charge >= 0.3 is 12.3 Å². The number of aliphatic hydroxyl groups excluding tert-OH is 1. The Bertz CT molecular complexity index is 93.6. The largest absolute Gasteiger partial charge is 0.396 e. The van der Waals surface area contributed by atoms with Crippen molar-refractivity contribution in [2.24, 2.45) is 0 Å². The zero-order valence-electron chi connectivity index (χ0n) is 5.16. The van der Waals surface area contributed by atoms with Crippen molar-refractivity contribution in [3.8, 4) is 0 Å². The van der Waals surface area contributed by atoms with Gasteiger partial charge in [-0.3, -0.25) is 0 Å². The summed E-state index contributed by atoms with van der Waals surface area (Å²) in [6.07, 6.45) is -4.88. The van der Waals surface area contributed by atoms with Crippen molar-refractivity contribution in [1.29, 1.82) is 0 Å². The molecule has 0 aromatic carbocycles. The molecule has 0 aromatic heterocycles. The minimum Gasteiger partial charge on any atom is -0.396 e. The minimum atomic E-state index is -3.94. The molecular formula is C5H8F4O. The van der Waals surface area contributed by atoms with Gasteiger partial charge in [0.1, 0.15) is 0 Å². The molecule has 1 nitrogen and oxygen atoms in total. The Kier molecular flexibility index (Phi) is 3.63. The van der Waals surface area contributed by atoms with Gasteiger partial charge in [0.15, 0.2) is 0 Å². The van der Waals surface area contributed by atoms with Crippen LogP contribution in [0.3, 0.4) is 0 Å². The van der Waals surface area contributed by atoms with Crippen LogP contribution in [0.1, 0.15) is 12.8 Å². The van der Waals surface area contributed by atoms with Crippen LogP contribution < -0.4 is 0 Å². The molecule has 0 heterocycles. The number of aliphatic hydroxyl groups is 1. The highest BCUT2D eigenvalue weighted by Gasteiger charge is 2.39. The van der Waals surface area contributed by atoms with E-state index < -0.39 is 25.4 Å². The Morgan fingerprint density at radius 2 is 1.80 bits per heavy atom. The molecule has 10 heavy (non-hydrogen) atoms. The molecule has 0 atom stereocenters. The van der Waals surface area contributed by atoms with Crippen molar-refractivity contribution in [1.82, 2.24) is 0 Å². The van der Waals surface area contributed by atoms with Crippen LogP contribution in [0, 0.1) is 0 Å². The standard InChI is InChI=1S/C5H8F4O/c6-4(7)5(8,9)2-1-3-10/h4,10H,1-3H2. The van der Waals surface area contributed by atoms with Crippen LogP contribution in [0.15, 0.2) is 0 Å². The summed E-state index contributed by atoms with van der Waals surface area (Å²) in [6, 6.07) is 0. The summed E-state index contributed by atoms with van der Waals surface area (Å²) in [7, 11) is 0. The third-order valence-electron chi connectivity index (χ3n) is 0.987. The van der Waals surface area contributed by atoms with Crippen molar-refractivity contribution >= 4 is 0 Å². The van der Waals surface area contributed by atoms with Crippen molar-refractivity contribution < 1.29 is 22.7 Å². The van der Waals surface area contributed by atoms with Crippen molar-refractivity contribution in [2.45, 2.75) is 25.2 Å². The highest BCUT2D eigenvalue weighted by molar-refractivity contribution is 4.67. The number of alkyl halides is 4. The summed E-state index contributed by atoms with van der Waals surface area (Å²) in [4.78, 5) is 0. The van der Waals surface area contributed by atoms with E-state index in [9.17, 15) is 17.6 Å². The summed E-state index contributed by atoms with van der Waals surface area (Å²) in [5.41, 5.74) is 0. The summed E-state index contributed by atoms with van der Waals surface area (Å²) in [5, 5.41) is 8.03. The summed E-state index contributed by atoms with van der Waals surface area (Å²) in [5.74, 6) is -3.94. The van der Waals surface area contributed by atoms with Gasteiger partial charge in [-0.25, -0.2) is 17.6 Å². The molecule has 62 valence electrons. The lowest BCUT2D eigenvalue weighted by molar-refractivity contribution is -0.134. The fourth-order valence-corrected chi connectivity index (χ4v) is 0.424. The molecule has 0 rings (SSSR count). The van der Waals surface area contributed by atoms with E-state index in [-0.39, 0.29) is 6.42 Å². The molecule has 0 aliphatic heterocycles. The SMILES string of the molecule is OCCCC(F)(F)C(F)F. The van der Waals surface area contributed by atoms with Crippen LogP contribution in [0.4, 0.5) is 17.6 Å². The normalized spacial score (nSPS) is 12.6. The predicted molar refractivity (Wildman–Crippen MR) is 27.3 cm³/mol. The van der Waals surface area contributed by atoms with Gasteiger partial charge < -0.3 is 5.11 Å². The Hall–Kier alpha value is -0.320. The second-order valence-corrected chi connectivity index (χ2v) is 1.89. The van der Waals surface area contributed by atoms with E-state index in [0.29, 0.717) is 0 Å². The number of halogens is 4. The van der Waals surface area contributed by atoms with Gasteiger partial charge in [0.2, 0.25) is 0 Å². The monoisotopic (exact) mass is 160 g/mol. The third-order valence-corrected chi connectivity index (χ3v) is 0.987.